The predicted octanol–water partition coefficient (Wildman–Crippen LogP) is 5.23. The van der Waals surface area contributed by atoms with Crippen molar-refractivity contribution in [3.8, 4) is 22.6 Å². The predicted molar refractivity (Wildman–Crippen MR) is 130 cm³/mol. The van der Waals surface area contributed by atoms with Crippen LogP contribution in [0.3, 0.4) is 0 Å². The van der Waals surface area contributed by atoms with Crippen molar-refractivity contribution in [1.29, 1.82) is 0 Å². The molecule has 1 aromatic heterocycles. The van der Waals surface area contributed by atoms with Crippen molar-refractivity contribution in [3.05, 3.63) is 76.2 Å². The van der Waals surface area contributed by atoms with Gasteiger partial charge < -0.3 is 4.74 Å². The Morgan fingerprint density at radius 1 is 1.12 bits per heavy atom. The molecule has 3 aromatic rings. The largest absolute Gasteiger partial charge is 0.493 e. The van der Waals surface area contributed by atoms with Gasteiger partial charge in [0.05, 0.1) is 40.0 Å². The molecule has 0 fully saturated rings. The molecule has 34 heavy (non-hydrogen) atoms. The fraction of sp³-hybridized carbons (Fsp3) is 0.130. The second kappa shape index (κ2) is 9.25. The number of carbonyl (C=O) groups excluding carboxylic acids is 1. The average molecular weight is 522 g/mol. The molecule has 2 aliphatic rings. The van der Waals surface area contributed by atoms with Crippen LogP contribution in [0.1, 0.15) is 17.3 Å². The van der Waals surface area contributed by atoms with Gasteiger partial charge in [0, 0.05) is 6.07 Å². The first-order valence-electron chi connectivity index (χ1n) is 10.0. The van der Waals surface area contributed by atoms with Crippen LogP contribution < -0.4 is 9.46 Å². The number of nitrogens with one attached hydrogen (secondary N) is 1. The van der Waals surface area contributed by atoms with E-state index >= 15 is 0 Å². The highest BCUT2D eigenvalue weighted by Crippen LogP contribution is 2.35. The normalized spacial score (nSPS) is 11.6. The topological polar surface area (TPSA) is 90.3 Å². The zero-order valence-electron chi connectivity index (χ0n) is 18.0. The number of sulfonamides is 1. The average Bonchev–Trinajstić information content (AvgIpc) is 3.20. The molecule has 1 amide bonds. The van der Waals surface area contributed by atoms with Gasteiger partial charge in [0.15, 0.2) is 5.15 Å². The summed E-state index contributed by atoms with van der Waals surface area (Å²) in [6.07, 6.45) is 0.784. The Morgan fingerprint density at radius 3 is 2.35 bits per heavy atom. The van der Waals surface area contributed by atoms with Crippen LogP contribution in [-0.4, -0.2) is 37.0 Å². The minimum atomic E-state index is -3.86. The number of hydrogen-bond donors (Lipinski definition) is 1. The molecule has 1 N–H and O–H groups in total. The molecule has 2 aromatic carbocycles. The lowest BCUT2D eigenvalue weighted by molar-refractivity contribution is 0.0978. The van der Waals surface area contributed by atoms with Gasteiger partial charge in [-0.2, -0.15) is 5.10 Å². The summed E-state index contributed by atoms with van der Waals surface area (Å²) in [7, 11) is -3.86. The maximum atomic E-state index is 14.5. The summed E-state index contributed by atoms with van der Waals surface area (Å²) in [5.41, 5.74) is 2.98. The third-order valence-corrected chi connectivity index (χ3v) is 5.95. The maximum Gasteiger partial charge on any atom is 0.267 e. The standard InChI is InChI=1S/C17H14Cl2FN3O4S.C6H4/c1-3-27-14-6-4-5-12-15(14)16(19)21-23(12)13-8-11(20)9(7-10(13)18)17(24)22-28(2,25)26;1-2-5-4-6(5)3-1/h4-8H,3H2,1-2H3,(H,22,24);1-4H. The number of benzene rings is 3. The van der Waals surface area contributed by atoms with E-state index < -0.39 is 27.3 Å². The van der Waals surface area contributed by atoms with Gasteiger partial charge in [0.2, 0.25) is 10.0 Å². The van der Waals surface area contributed by atoms with Crippen LogP contribution in [0.25, 0.3) is 27.7 Å². The number of aromatic nitrogens is 2. The lowest BCUT2D eigenvalue weighted by Crippen LogP contribution is -2.30. The number of carbonyl (C=O) groups is 1. The fourth-order valence-corrected chi connectivity index (χ4v) is 4.28. The van der Waals surface area contributed by atoms with Crippen LogP contribution in [0.15, 0.2) is 54.6 Å². The highest BCUT2D eigenvalue weighted by atomic mass is 35.5. The number of hydrogen-bond acceptors (Lipinski definition) is 5. The summed E-state index contributed by atoms with van der Waals surface area (Å²) >= 11 is 12.5. The van der Waals surface area contributed by atoms with Crippen molar-refractivity contribution in [1.82, 2.24) is 14.5 Å². The van der Waals surface area contributed by atoms with Gasteiger partial charge in [0.1, 0.15) is 11.6 Å². The first-order valence-corrected chi connectivity index (χ1v) is 12.7. The van der Waals surface area contributed by atoms with E-state index in [9.17, 15) is 17.6 Å². The first kappa shape index (κ1) is 24.0. The molecule has 0 bridgehead atoms. The van der Waals surface area contributed by atoms with Crippen molar-refractivity contribution in [2.45, 2.75) is 6.92 Å². The first-order chi connectivity index (χ1) is 16.1. The Kier molecular flexibility index (Phi) is 6.53. The highest BCUT2D eigenvalue weighted by molar-refractivity contribution is 7.89. The third-order valence-electron chi connectivity index (χ3n) is 4.83. The zero-order chi connectivity index (χ0) is 24.6. The number of rotatable bonds is 5. The van der Waals surface area contributed by atoms with Gasteiger partial charge >= 0.3 is 0 Å². The van der Waals surface area contributed by atoms with Crippen LogP contribution in [0.2, 0.25) is 10.2 Å². The highest BCUT2D eigenvalue weighted by Gasteiger charge is 2.21. The molecule has 11 heteroatoms. The van der Waals surface area contributed by atoms with Gasteiger partial charge in [0.25, 0.3) is 5.91 Å². The number of ether oxygens (including phenoxy) is 1. The molecule has 0 saturated carbocycles. The van der Waals surface area contributed by atoms with Crippen molar-refractivity contribution < 1.29 is 22.3 Å². The van der Waals surface area contributed by atoms with Crippen molar-refractivity contribution in [2.24, 2.45) is 0 Å². The van der Waals surface area contributed by atoms with Crippen molar-refractivity contribution >= 4 is 50.0 Å². The van der Waals surface area contributed by atoms with E-state index in [1.807, 2.05) is 6.92 Å². The van der Waals surface area contributed by atoms with E-state index in [1.54, 1.807) is 22.9 Å². The zero-order valence-corrected chi connectivity index (χ0v) is 20.3. The molecule has 2 aliphatic carbocycles. The summed E-state index contributed by atoms with van der Waals surface area (Å²) in [4.78, 5) is 12.0. The minimum Gasteiger partial charge on any atom is -0.493 e. The van der Waals surface area contributed by atoms with E-state index in [0.29, 0.717) is 23.3 Å². The maximum absolute atomic E-state index is 14.5. The quantitative estimate of drug-likeness (QED) is 0.342. The van der Waals surface area contributed by atoms with Crippen LogP contribution in [0.4, 0.5) is 4.39 Å². The van der Waals surface area contributed by atoms with Crippen LogP contribution >= 0.6 is 23.2 Å². The summed E-state index contributed by atoms with van der Waals surface area (Å²) in [6, 6.07) is 15.6. The van der Waals surface area contributed by atoms with E-state index in [1.165, 1.54) is 15.8 Å². The molecule has 5 rings (SSSR count). The Morgan fingerprint density at radius 2 is 1.79 bits per heavy atom. The van der Waals surface area contributed by atoms with Crippen LogP contribution in [0.5, 0.6) is 5.75 Å². The van der Waals surface area contributed by atoms with Crippen molar-refractivity contribution in [3.63, 3.8) is 0 Å². The number of halogens is 3. The fourth-order valence-electron chi connectivity index (χ4n) is 3.33. The van der Waals surface area contributed by atoms with Crippen molar-refractivity contribution in [2.75, 3.05) is 12.9 Å². The van der Waals surface area contributed by atoms with Crippen LogP contribution in [-0.2, 0) is 10.0 Å². The minimum absolute atomic E-state index is 0.0251. The molecule has 0 aliphatic heterocycles. The van der Waals surface area contributed by atoms with Crippen LogP contribution in [0, 0.1) is 5.82 Å². The molecule has 0 atom stereocenters. The number of fused-ring (bicyclic) bond motifs is 2. The van der Waals surface area contributed by atoms with Gasteiger partial charge in [-0.05, 0) is 42.3 Å². The van der Waals surface area contributed by atoms with E-state index in [4.69, 9.17) is 27.9 Å². The lowest BCUT2D eigenvalue weighted by atomic mass is 10.1. The third kappa shape index (κ3) is 5.01. The molecule has 0 saturated heterocycles. The van der Waals surface area contributed by atoms with E-state index in [0.717, 1.165) is 18.4 Å². The Bertz CT molecular complexity index is 1520. The molecular weight excluding hydrogens is 504 g/mol. The number of amides is 1. The molecule has 1 heterocycles. The summed E-state index contributed by atoms with van der Waals surface area (Å²) < 4.78 is 45.5. The summed E-state index contributed by atoms with van der Waals surface area (Å²) in [6.45, 7) is 2.24. The smallest absolute Gasteiger partial charge is 0.267 e. The van der Waals surface area contributed by atoms with E-state index in [2.05, 4.69) is 29.4 Å². The molecule has 7 nitrogen and oxygen atoms in total. The Hall–Kier alpha value is -3.14. The molecular formula is C23H18Cl2FN3O4S. The molecule has 0 radical (unpaired) electrons. The number of nitrogens with zero attached hydrogens (tertiary/aromatic N) is 2. The Labute approximate surface area is 205 Å². The molecule has 0 unspecified atom stereocenters. The molecule has 176 valence electrons. The summed E-state index contributed by atoms with van der Waals surface area (Å²) in [5.74, 6) is -1.59. The Balaban J connectivity index is 0.000000388. The molecule has 0 spiro atoms. The van der Waals surface area contributed by atoms with E-state index in [-0.39, 0.29) is 15.9 Å². The van der Waals surface area contributed by atoms with Gasteiger partial charge in [-0.25, -0.2) is 22.2 Å². The lowest BCUT2D eigenvalue weighted by Gasteiger charge is -2.10. The second-order valence-corrected chi connectivity index (χ2v) is 9.87. The second-order valence-electron chi connectivity index (χ2n) is 7.35. The summed E-state index contributed by atoms with van der Waals surface area (Å²) in [5, 5.41) is 4.83. The van der Waals surface area contributed by atoms with Gasteiger partial charge in [-0.1, -0.05) is 47.5 Å². The monoisotopic (exact) mass is 521 g/mol. The SMILES string of the molecule is CCOc1cccc2c1c(Cl)nn2-c1cc(F)c(C(=O)NS(C)(=O)=O)cc1Cl.c1cc2cc-2c1. The van der Waals surface area contributed by atoms with Gasteiger partial charge in [-0.3, -0.25) is 4.79 Å². The van der Waals surface area contributed by atoms with Gasteiger partial charge in [-0.15, -0.1) is 0 Å².